The van der Waals surface area contributed by atoms with Gasteiger partial charge in [-0.1, -0.05) is 48.4 Å². The van der Waals surface area contributed by atoms with E-state index < -0.39 is 0 Å². The molecule has 0 aliphatic heterocycles. The molecule has 0 aromatic heterocycles. The highest BCUT2D eigenvalue weighted by Gasteiger charge is 2.35. The van der Waals surface area contributed by atoms with Gasteiger partial charge in [-0.25, -0.2) is 0 Å². The monoisotopic (exact) mass is 228 g/mol. The average Bonchev–Trinajstić information content (AvgIpc) is 2.29. The lowest BCUT2D eigenvalue weighted by Crippen LogP contribution is -2.31. The Bertz CT molecular complexity index is 452. The van der Waals surface area contributed by atoms with Crippen molar-refractivity contribution in [3.8, 4) is 0 Å². The first kappa shape index (κ1) is 12.1. The summed E-state index contributed by atoms with van der Waals surface area (Å²) in [5, 5.41) is 0. The third kappa shape index (κ3) is 2.49. The van der Waals surface area contributed by atoms with Crippen molar-refractivity contribution >= 4 is 5.78 Å². The maximum Gasteiger partial charge on any atom is 0.137 e. The average molecular weight is 228 g/mol. The smallest absolute Gasteiger partial charge is 0.137 e. The standard InChI is InChI=1S/C16H20O/c1-12(2)13-9-15(17)11-16(3,10-13)14-7-5-4-6-8-14/h4-8H,9-11H2,1-3H3/t16-/m1/s1. The normalized spacial score (nSPS) is 24.9. The van der Waals surface area contributed by atoms with Crippen LogP contribution in [0.3, 0.4) is 0 Å². The van der Waals surface area contributed by atoms with Crippen LogP contribution in [0, 0.1) is 0 Å². The van der Waals surface area contributed by atoms with Crippen LogP contribution in [0.5, 0.6) is 0 Å². The van der Waals surface area contributed by atoms with Crippen LogP contribution in [0.25, 0.3) is 0 Å². The van der Waals surface area contributed by atoms with Gasteiger partial charge in [0.2, 0.25) is 0 Å². The Hall–Kier alpha value is -1.37. The van der Waals surface area contributed by atoms with Gasteiger partial charge in [-0.05, 0) is 25.8 Å². The van der Waals surface area contributed by atoms with Crippen LogP contribution in [0.15, 0.2) is 41.5 Å². The molecule has 1 heteroatoms. The van der Waals surface area contributed by atoms with E-state index in [1.807, 2.05) is 6.07 Å². The third-order valence-corrected chi connectivity index (χ3v) is 3.78. The molecular weight excluding hydrogens is 208 g/mol. The fourth-order valence-corrected chi connectivity index (χ4v) is 2.73. The number of hydrogen-bond acceptors (Lipinski definition) is 1. The number of Topliss-reactive ketones (excluding diaryl/α,β-unsaturated/α-hetero) is 1. The quantitative estimate of drug-likeness (QED) is 0.663. The summed E-state index contributed by atoms with van der Waals surface area (Å²) < 4.78 is 0. The third-order valence-electron chi connectivity index (χ3n) is 3.78. The molecule has 1 saturated carbocycles. The summed E-state index contributed by atoms with van der Waals surface area (Å²) >= 11 is 0. The van der Waals surface area contributed by atoms with Crippen LogP contribution in [-0.4, -0.2) is 5.78 Å². The van der Waals surface area contributed by atoms with E-state index in [-0.39, 0.29) is 5.41 Å². The molecule has 0 amide bonds. The minimum Gasteiger partial charge on any atom is -0.299 e. The van der Waals surface area contributed by atoms with Gasteiger partial charge in [0.15, 0.2) is 0 Å². The van der Waals surface area contributed by atoms with Crippen molar-refractivity contribution in [3.05, 3.63) is 47.0 Å². The molecule has 0 saturated heterocycles. The van der Waals surface area contributed by atoms with Crippen LogP contribution in [-0.2, 0) is 10.2 Å². The fourth-order valence-electron chi connectivity index (χ4n) is 2.73. The number of allylic oxidation sites excluding steroid dienone is 2. The lowest BCUT2D eigenvalue weighted by Gasteiger charge is -2.35. The van der Waals surface area contributed by atoms with Crippen LogP contribution < -0.4 is 0 Å². The number of carbonyl (C=O) groups is 1. The van der Waals surface area contributed by atoms with Crippen LogP contribution in [0.1, 0.15) is 45.6 Å². The molecule has 1 fully saturated rings. The van der Waals surface area contributed by atoms with Crippen LogP contribution in [0.4, 0.5) is 0 Å². The zero-order chi connectivity index (χ0) is 12.5. The van der Waals surface area contributed by atoms with Crippen molar-refractivity contribution in [2.45, 2.75) is 45.4 Å². The number of hydrogen-bond donors (Lipinski definition) is 0. The van der Waals surface area contributed by atoms with Gasteiger partial charge < -0.3 is 0 Å². The minimum atomic E-state index is -0.0107. The summed E-state index contributed by atoms with van der Waals surface area (Å²) in [7, 11) is 0. The molecule has 1 aromatic carbocycles. The first-order valence-electron chi connectivity index (χ1n) is 6.24. The SMILES string of the molecule is CC(C)=C1CC(=O)C[C@](C)(c2ccccc2)C1. The van der Waals surface area contributed by atoms with Gasteiger partial charge in [0.05, 0.1) is 0 Å². The first-order valence-corrected chi connectivity index (χ1v) is 6.24. The van der Waals surface area contributed by atoms with Crippen molar-refractivity contribution in [1.29, 1.82) is 0 Å². The summed E-state index contributed by atoms with van der Waals surface area (Å²) in [5.74, 6) is 0.374. The fraction of sp³-hybridized carbons (Fsp3) is 0.438. The molecule has 2 rings (SSSR count). The summed E-state index contributed by atoms with van der Waals surface area (Å²) in [5.41, 5.74) is 3.91. The Morgan fingerprint density at radius 2 is 1.76 bits per heavy atom. The van der Waals surface area contributed by atoms with Gasteiger partial charge in [0, 0.05) is 18.3 Å². The van der Waals surface area contributed by atoms with E-state index in [1.54, 1.807) is 0 Å². The second-order valence-electron chi connectivity index (χ2n) is 5.60. The number of carbonyl (C=O) groups excluding carboxylic acids is 1. The van der Waals surface area contributed by atoms with E-state index in [0.717, 1.165) is 6.42 Å². The molecule has 0 bridgehead atoms. The lowest BCUT2D eigenvalue weighted by atomic mass is 9.68. The molecule has 0 radical (unpaired) electrons. The predicted molar refractivity (Wildman–Crippen MR) is 71.0 cm³/mol. The highest BCUT2D eigenvalue weighted by Crippen LogP contribution is 2.40. The molecule has 1 nitrogen and oxygen atoms in total. The zero-order valence-electron chi connectivity index (χ0n) is 10.9. The Balaban J connectivity index is 2.38. The summed E-state index contributed by atoms with van der Waals surface area (Å²) in [6, 6.07) is 10.4. The Morgan fingerprint density at radius 1 is 1.12 bits per heavy atom. The van der Waals surface area contributed by atoms with Crippen molar-refractivity contribution < 1.29 is 4.79 Å². The Labute approximate surface area is 104 Å². The summed E-state index contributed by atoms with van der Waals surface area (Å²) in [6.07, 6.45) is 2.35. The van der Waals surface area contributed by atoms with Gasteiger partial charge >= 0.3 is 0 Å². The lowest BCUT2D eigenvalue weighted by molar-refractivity contribution is -0.120. The molecule has 1 atom stereocenters. The molecule has 17 heavy (non-hydrogen) atoms. The summed E-state index contributed by atoms with van der Waals surface area (Å²) in [4.78, 5) is 11.9. The molecule has 1 aliphatic carbocycles. The molecule has 0 spiro atoms. The molecule has 90 valence electrons. The number of ketones is 1. The molecule has 0 heterocycles. The van der Waals surface area contributed by atoms with E-state index in [0.29, 0.717) is 18.6 Å². The van der Waals surface area contributed by atoms with Gasteiger partial charge in [-0.2, -0.15) is 0 Å². The van der Waals surface area contributed by atoms with E-state index in [4.69, 9.17) is 0 Å². The number of rotatable bonds is 1. The predicted octanol–water partition coefficient (Wildman–Crippen LogP) is 4.03. The van der Waals surface area contributed by atoms with E-state index in [9.17, 15) is 4.79 Å². The first-order chi connectivity index (χ1) is 8.01. The van der Waals surface area contributed by atoms with Gasteiger partial charge in [-0.15, -0.1) is 0 Å². The highest BCUT2D eigenvalue weighted by molar-refractivity contribution is 5.84. The molecule has 1 aliphatic rings. The van der Waals surface area contributed by atoms with E-state index in [1.165, 1.54) is 16.7 Å². The second-order valence-corrected chi connectivity index (χ2v) is 5.60. The zero-order valence-corrected chi connectivity index (χ0v) is 10.9. The van der Waals surface area contributed by atoms with Gasteiger partial charge in [-0.3, -0.25) is 4.79 Å². The summed E-state index contributed by atoms with van der Waals surface area (Å²) in [6.45, 7) is 6.43. The maximum atomic E-state index is 11.9. The molecule has 1 aromatic rings. The van der Waals surface area contributed by atoms with Crippen molar-refractivity contribution in [3.63, 3.8) is 0 Å². The van der Waals surface area contributed by atoms with Gasteiger partial charge in [0.1, 0.15) is 5.78 Å². The largest absolute Gasteiger partial charge is 0.299 e. The molecule has 0 unspecified atom stereocenters. The minimum absolute atomic E-state index is 0.0107. The Morgan fingerprint density at radius 3 is 2.35 bits per heavy atom. The second kappa shape index (κ2) is 4.48. The van der Waals surface area contributed by atoms with E-state index in [2.05, 4.69) is 45.0 Å². The van der Waals surface area contributed by atoms with Crippen molar-refractivity contribution in [1.82, 2.24) is 0 Å². The molecule has 0 N–H and O–H groups in total. The van der Waals surface area contributed by atoms with Crippen LogP contribution >= 0.6 is 0 Å². The van der Waals surface area contributed by atoms with E-state index >= 15 is 0 Å². The topological polar surface area (TPSA) is 17.1 Å². The van der Waals surface area contributed by atoms with Gasteiger partial charge in [0.25, 0.3) is 0 Å². The highest BCUT2D eigenvalue weighted by atomic mass is 16.1. The Kier molecular flexibility index (Phi) is 3.19. The van der Waals surface area contributed by atoms with Crippen molar-refractivity contribution in [2.75, 3.05) is 0 Å². The van der Waals surface area contributed by atoms with Crippen molar-refractivity contribution in [2.24, 2.45) is 0 Å². The molecular formula is C16H20O. The van der Waals surface area contributed by atoms with Crippen LogP contribution in [0.2, 0.25) is 0 Å². The maximum absolute atomic E-state index is 11.9. The number of benzene rings is 1.